The van der Waals surface area contributed by atoms with Crippen LogP contribution in [0.3, 0.4) is 0 Å². The number of pyridine rings is 1. The molecule has 2 aromatic carbocycles. The van der Waals surface area contributed by atoms with Crippen LogP contribution in [-0.2, 0) is 22.4 Å². The second-order valence-electron chi connectivity index (χ2n) is 5.93. The van der Waals surface area contributed by atoms with Gasteiger partial charge in [-0.05, 0) is 35.1 Å². The van der Waals surface area contributed by atoms with Gasteiger partial charge < -0.3 is 4.74 Å². The predicted molar refractivity (Wildman–Crippen MR) is 96.7 cm³/mol. The number of ether oxygens (including phenoxy) is 1. The van der Waals surface area contributed by atoms with Crippen LogP contribution in [0.2, 0.25) is 0 Å². The number of aldehydes is 1. The lowest BCUT2D eigenvalue weighted by molar-refractivity contribution is -0.140. The first-order chi connectivity index (χ1) is 12.2. The van der Waals surface area contributed by atoms with Crippen molar-refractivity contribution in [3.05, 3.63) is 77.1 Å². The van der Waals surface area contributed by atoms with Crippen molar-refractivity contribution >= 4 is 23.0 Å². The zero-order chi connectivity index (χ0) is 17.6. The van der Waals surface area contributed by atoms with E-state index in [4.69, 9.17) is 4.74 Å². The highest BCUT2D eigenvalue weighted by molar-refractivity contribution is 5.90. The molecule has 0 atom stereocenters. The summed E-state index contributed by atoms with van der Waals surface area (Å²) < 4.78 is 4.69. The molecule has 0 aliphatic carbocycles. The highest BCUT2D eigenvalue weighted by Gasteiger charge is 2.07. The Labute approximate surface area is 146 Å². The smallest absolute Gasteiger partial charge is 0.305 e. The van der Waals surface area contributed by atoms with E-state index in [0.29, 0.717) is 24.8 Å². The number of nitrogens with zero attached hydrogens (tertiary/aromatic N) is 1. The Hall–Kier alpha value is -3.01. The fraction of sp³-hybridized carbons (Fsp3) is 0.190. The second-order valence-corrected chi connectivity index (χ2v) is 5.93. The largest absolute Gasteiger partial charge is 0.469 e. The molecule has 0 aliphatic heterocycles. The first kappa shape index (κ1) is 16.8. The monoisotopic (exact) mass is 333 g/mol. The van der Waals surface area contributed by atoms with E-state index in [-0.39, 0.29) is 5.97 Å². The maximum Gasteiger partial charge on any atom is 0.305 e. The molecule has 0 N–H and O–H groups in total. The lowest BCUT2D eigenvalue weighted by atomic mass is 10.00. The second kappa shape index (κ2) is 7.71. The number of aromatic nitrogens is 1. The van der Waals surface area contributed by atoms with Crippen LogP contribution < -0.4 is 0 Å². The number of hydrogen-bond donors (Lipinski definition) is 0. The Morgan fingerprint density at radius 1 is 1.12 bits per heavy atom. The summed E-state index contributed by atoms with van der Waals surface area (Å²) in [6, 6.07) is 15.7. The standard InChI is InChI=1S/C21H19NO3/c1-25-21(24)8-6-15-3-2-4-16(11-15)13-20-19-7-5-17(14-23)12-18(19)9-10-22-20/h2-5,7,9-12,14H,6,8,13H2,1H3. The summed E-state index contributed by atoms with van der Waals surface area (Å²) >= 11 is 0. The molecule has 0 radical (unpaired) electrons. The molecule has 3 rings (SSSR count). The molecule has 126 valence electrons. The van der Waals surface area contributed by atoms with Crippen molar-refractivity contribution in [1.82, 2.24) is 4.98 Å². The first-order valence-electron chi connectivity index (χ1n) is 8.17. The van der Waals surface area contributed by atoms with Gasteiger partial charge >= 0.3 is 5.97 Å². The number of rotatable bonds is 6. The van der Waals surface area contributed by atoms with Crippen LogP contribution in [0, 0.1) is 0 Å². The predicted octanol–water partition coefficient (Wildman–Crippen LogP) is 3.74. The maximum absolute atomic E-state index is 11.3. The molecule has 0 spiro atoms. The van der Waals surface area contributed by atoms with Crippen molar-refractivity contribution in [1.29, 1.82) is 0 Å². The van der Waals surface area contributed by atoms with E-state index in [2.05, 4.69) is 17.1 Å². The minimum Gasteiger partial charge on any atom is -0.469 e. The molecule has 4 heteroatoms. The van der Waals surface area contributed by atoms with Crippen molar-refractivity contribution in [3.8, 4) is 0 Å². The maximum atomic E-state index is 11.3. The van der Waals surface area contributed by atoms with E-state index in [1.54, 1.807) is 6.20 Å². The number of hydrogen-bond acceptors (Lipinski definition) is 4. The summed E-state index contributed by atoms with van der Waals surface area (Å²) in [4.78, 5) is 26.8. The van der Waals surface area contributed by atoms with Crippen LogP contribution in [0.4, 0.5) is 0 Å². The van der Waals surface area contributed by atoms with E-state index in [0.717, 1.165) is 33.9 Å². The normalized spacial score (nSPS) is 10.6. The van der Waals surface area contributed by atoms with Gasteiger partial charge in [0, 0.05) is 30.0 Å². The van der Waals surface area contributed by atoms with Gasteiger partial charge in [0.15, 0.2) is 0 Å². The van der Waals surface area contributed by atoms with Crippen molar-refractivity contribution in [2.24, 2.45) is 0 Å². The zero-order valence-electron chi connectivity index (χ0n) is 14.1. The zero-order valence-corrected chi connectivity index (χ0v) is 14.1. The molecule has 0 fully saturated rings. The molecule has 0 aliphatic rings. The van der Waals surface area contributed by atoms with Crippen LogP contribution in [0.15, 0.2) is 54.7 Å². The van der Waals surface area contributed by atoms with Crippen LogP contribution >= 0.6 is 0 Å². The Balaban J connectivity index is 1.84. The van der Waals surface area contributed by atoms with Crippen molar-refractivity contribution < 1.29 is 14.3 Å². The fourth-order valence-corrected chi connectivity index (χ4v) is 2.91. The summed E-state index contributed by atoms with van der Waals surface area (Å²) in [5.41, 5.74) is 3.88. The van der Waals surface area contributed by atoms with Gasteiger partial charge in [-0.25, -0.2) is 0 Å². The molecule has 1 aromatic heterocycles. The molecular weight excluding hydrogens is 314 g/mol. The van der Waals surface area contributed by atoms with Gasteiger partial charge in [-0.15, -0.1) is 0 Å². The van der Waals surface area contributed by atoms with Gasteiger partial charge in [-0.2, -0.15) is 0 Å². The molecule has 0 saturated heterocycles. The highest BCUT2D eigenvalue weighted by atomic mass is 16.5. The Kier molecular flexibility index (Phi) is 5.19. The molecule has 1 heterocycles. The molecule has 3 aromatic rings. The summed E-state index contributed by atoms with van der Waals surface area (Å²) in [7, 11) is 1.40. The molecule has 0 unspecified atom stereocenters. The SMILES string of the molecule is COC(=O)CCc1cccc(Cc2nccc3cc(C=O)ccc23)c1. The van der Waals surface area contributed by atoms with Crippen LogP contribution in [0.25, 0.3) is 10.8 Å². The van der Waals surface area contributed by atoms with Gasteiger partial charge in [-0.3, -0.25) is 14.6 Å². The average molecular weight is 333 g/mol. The number of aryl methyl sites for hydroxylation is 1. The summed E-state index contributed by atoms with van der Waals surface area (Å²) in [5, 5.41) is 2.06. The van der Waals surface area contributed by atoms with Crippen molar-refractivity contribution in [2.45, 2.75) is 19.3 Å². The van der Waals surface area contributed by atoms with Gasteiger partial charge in [0.05, 0.1) is 12.8 Å². The minimum absolute atomic E-state index is 0.202. The lowest BCUT2D eigenvalue weighted by Crippen LogP contribution is -2.02. The van der Waals surface area contributed by atoms with Gasteiger partial charge in [-0.1, -0.05) is 36.4 Å². The molecule has 25 heavy (non-hydrogen) atoms. The van der Waals surface area contributed by atoms with Crippen LogP contribution in [0.5, 0.6) is 0 Å². The third kappa shape index (κ3) is 4.10. The molecule has 0 amide bonds. The van der Waals surface area contributed by atoms with Gasteiger partial charge in [0.25, 0.3) is 0 Å². The fourth-order valence-electron chi connectivity index (χ4n) is 2.91. The van der Waals surface area contributed by atoms with Crippen molar-refractivity contribution in [2.75, 3.05) is 7.11 Å². The van der Waals surface area contributed by atoms with E-state index in [9.17, 15) is 9.59 Å². The van der Waals surface area contributed by atoms with Gasteiger partial charge in [0.1, 0.15) is 6.29 Å². The topological polar surface area (TPSA) is 56.3 Å². The van der Waals surface area contributed by atoms with Crippen LogP contribution in [-0.4, -0.2) is 24.3 Å². The van der Waals surface area contributed by atoms with Crippen molar-refractivity contribution in [3.63, 3.8) is 0 Å². The molecular formula is C21H19NO3. The molecule has 4 nitrogen and oxygen atoms in total. The van der Waals surface area contributed by atoms with Crippen LogP contribution in [0.1, 0.15) is 33.6 Å². The Morgan fingerprint density at radius 3 is 2.76 bits per heavy atom. The van der Waals surface area contributed by atoms with E-state index < -0.39 is 0 Å². The molecule has 0 bridgehead atoms. The lowest BCUT2D eigenvalue weighted by Gasteiger charge is -2.08. The molecule has 0 saturated carbocycles. The number of carbonyl (C=O) groups excluding carboxylic acids is 2. The average Bonchev–Trinajstić information content (AvgIpc) is 2.66. The Bertz CT molecular complexity index is 918. The summed E-state index contributed by atoms with van der Waals surface area (Å²) in [6.45, 7) is 0. The highest BCUT2D eigenvalue weighted by Crippen LogP contribution is 2.21. The quantitative estimate of drug-likeness (QED) is 0.509. The summed E-state index contributed by atoms with van der Waals surface area (Å²) in [6.07, 6.45) is 4.36. The summed E-state index contributed by atoms with van der Waals surface area (Å²) in [5.74, 6) is -0.202. The van der Waals surface area contributed by atoms with E-state index in [1.807, 2.05) is 36.4 Å². The van der Waals surface area contributed by atoms with E-state index in [1.165, 1.54) is 7.11 Å². The third-order valence-corrected chi connectivity index (χ3v) is 4.22. The number of carbonyl (C=O) groups is 2. The third-order valence-electron chi connectivity index (χ3n) is 4.22. The van der Waals surface area contributed by atoms with E-state index >= 15 is 0 Å². The first-order valence-corrected chi connectivity index (χ1v) is 8.17. The number of fused-ring (bicyclic) bond motifs is 1. The minimum atomic E-state index is -0.202. The Morgan fingerprint density at radius 2 is 1.96 bits per heavy atom. The van der Waals surface area contributed by atoms with Gasteiger partial charge in [0.2, 0.25) is 0 Å². The number of methoxy groups -OCH3 is 1. The number of esters is 1. The number of benzene rings is 2.